The van der Waals surface area contributed by atoms with Crippen molar-refractivity contribution in [3.05, 3.63) is 23.8 Å². The van der Waals surface area contributed by atoms with Crippen molar-refractivity contribution in [2.75, 3.05) is 52.5 Å². The number of aromatic amines is 1. The molecule has 142 valence electrons. The molecule has 3 amide bonds. The van der Waals surface area contributed by atoms with Gasteiger partial charge in [0.15, 0.2) is 0 Å². The van der Waals surface area contributed by atoms with E-state index in [1.165, 1.54) is 9.80 Å². The van der Waals surface area contributed by atoms with Crippen LogP contribution < -0.4 is 0 Å². The second kappa shape index (κ2) is 7.31. The monoisotopic (exact) mass is 372 g/mol. The van der Waals surface area contributed by atoms with E-state index in [2.05, 4.69) is 15.4 Å². The van der Waals surface area contributed by atoms with E-state index in [4.69, 9.17) is 4.74 Å². The van der Waals surface area contributed by atoms with Crippen LogP contribution in [0.1, 0.15) is 10.4 Å². The number of nitrogens with zero attached hydrogens (tertiary/aromatic N) is 5. The number of ether oxygens (including phenoxy) is 1. The molecule has 10 nitrogen and oxygen atoms in total. The Morgan fingerprint density at radius 3 is 2.11 bits per heavy atom. The Bertz CT molecular complexity index is 867. The van der Waals surface area contributed by atoms with Gasteiger partial charge in [0.1, 0.15) is 11.0 Å². The average Bonchev–Trinajstić information content (AvgIpc) is 3.21. The highest BCUT2D eigenvalue weighted by Crippen LogP contribution is 2.14. The molecule has 27 heavy (non-hydrogen) atoms. The lowest BCUT2D eigenvalue weighted by atomic mass is 10.1. The van der Waals surface area contributed by atoms with Crippen molar-refractivity contribution in [3.8, 4) is 0 Å². The lowest BCUT2D eigenvalue weighted by molar-refractivity contribution is -0.154. The topological polar surface area (TPSA) is 112 Å². The summed E-state index contributed by atoms with van der Waals surface area (Å²) >= 11 is 0. The lowest BCUT2D eigenvalue weighted by Gasteiger charge is -2.35. The van der Waals surface area contributed by atoms with Gasteiger partial charge < -0.3 is 19.4 Å². The van der Waals surface area contributed by atoms with Crippen LogP contribution in [0.2, 0.25) is 0 Å². The smallest absolute Gasteiger partial charge is 0.312 e. The Morgan fingerprint density at radius 1 is 0.815 bits per heavy atom. The molecule has 0 saturated carbocycles. The zero-order chi connectivity index (χ0) is 18.8. The molecule has 2 saturated heterocycles. The molecule has 0 radical (unpaired) electrons. The number of carbonyl (C=O) groups is 3. The van der Waals surface area contributed by atoms with Crippen LogP contribution in [-0.2, 0) is 14.3 Å². The maximum Gasteiger partial charge on any atom is 0.312 e. The summed E-state index contributed by atoms with van der Waals surface area (Å²) in [6, 6.07) is 5.15. The maximum atomic E-state index is 12.7. The van der Waals surface area contributed by atoms with Gasteiger partial charge in [-0.05, 0) is 18.2 Å². The van der Waals surface area contributed by atoms with E-state index in [0.717, 1.165) is 0 Å². The minimum Gasteiger partial charge on any atom is -0.378 e. The minimum atomic E-state index is -0.506. The fourth-order valence-electron chi connectivity index (χ4n) is 3.31. The van der Waals surface area contributed by atoms with Crippen LogP contribution in [0.4, 0.5) is 0 Å². The van der Waals surface area contributed by atoms with Crippen molar-refractivity contribution in [1.82, 2.24) is 30.1 Å². The van der Waals surface area contributed by atoms with Crippen LogP contribution in [-0.4, -0.2) is 100 Å². The number of aromatic nitrogens is 3. The first-order valence-corrected chi connectivity index (χ1v) is 8.89. The number of carbonyl (C=O) groups excluding carboxylic acids is 3. The van der Waals surface area contributed by atoms with Gasteiger partial charge in [0.05, 0.1) is 13.2 Å². The first-order valence-electron chi connectivity index (χ1n) is 8.89. The van der Waals surface area contributed by atoms with E-state index in [9.17, 15) is 14.4 Å². The lowest BCUT2D eigenvalue weighted by Crippen LogP contribution is -2.55. The zero-order valence-corrected chi connectivity index (χ0v) is 14.8. The highest BCUT2D eigenvalue weighted by molar-refractivity contribution is 6.35. The number of fused-ring (bicyclic) bond motifs is 1. The van der Waals surface area contributed by atoms with Crippen LogP contribution in [0.5, 0.6) is 0 Å². The van der Waals surface area contributed by atoms with Crippen molar-refractivity contribution in [3.63, 3.8) is 0 Å². The third-order valence-electron chi connectivity index (χ3n) is 4.90. The predicted octanol–water partition coefficient (Wildman–Crippen LogP) is -0.899. The van der Waals surface area contributed by atoms with Crippen molar-refractivity contribution in [2.24, 2.45) is 0 Å². The molecule has 0 bridgehead atoms. The SMILES string of the molecule is O=C(C(=O)N1CCN(C(=O)c2ccc3n[nH]nc3c2)CC1)N1CCOCC1. The summed E-state index contributed by atoms with van der Waals surface area (Å²) in [4.78, 5) is 42.2. The first kappa shape index (κ1) is 17.4. The van der Waals surface area contributed by atoms with Gasteiger partial charge in [-0.15, -0.1) is 0 Å². The first-order chi connectivity index (χ1) is 13.1. The molecule has 1 N–H and O–H groups in total. The number of H-pyrrole nitrogens is 1. The van der Waals surface area contributed by atoms with Crippen molar-refractivity contribution in [2.45, 2.75) is 0 Å². The van der Waals surface area contributed by atoms with Crippen LogP contribution >= 0.6 is 0 Å². The van der Waals surface area contributed by atoms with E-state index in [0.29, 0.717) is 69.1 Å². The van der Waals surface area contributed by atoms with Crippen LogP contribution in [0.3, 0.4) is 0 Å². The number of rotatable bonds is 1. The summed E-state index contributed by atoms with van der Waals surface area (Å²) in [7, 11) is 0. The third-order valence-corrected chi connectivity index (χ3v) is 4.90. The highest BCUT2D eigenvalue weighted by atomic mass is 16.5. The minimum absolute atomic E-state index is 0.119. The molecule has 2 aliphatic heterocycles. The number of benzene rings is 1. The third kappa shape index (κ3) is 3.47. The van der Waals surface area contributed by atoms with Crippen molar-refractivity contribution in [1.29, 1.82) is 0 Å². The molecule has 1 aromatic carbocycles. The van der Waals surface area contributed by atoms with Crippen LogP contribution in [0, 0.1) is 0 Å². The summed E-state index contributed by atoms with van der Waals surface area (Å²) in [5.41, 5.74) is 1.86. The van der Waals surface area contributed by atoms with Gasteiger partial charge in [0, 0.05) is 44.8 Å². The highest BCUT2D eigenvalue weighted by Gasteiger charge is 2.31. The molecule has 0 unspecified atom stereocenters. The molecule has 0 atom stereocenters. The molecule has 3 heterocycles. The maximum absolute atomic E-state index is 12.7. The van der Waals surface area contributed by atoms with E-state index >= 15 is 0 Å². The van der Waals surface area contributed by atoms with Gasteiger partial charge in [0.25, 0.3) is 5.91 Å². The standard InChI is InChI=1S/C17H20N6O4/c24-15(12-1-2-13-14(11-12)19-20-18-13)21-3-5-22(6-4-21)16(25)17(26)23-7-9-27-10-8-23/h1-2,11H,3-10H2,(H,18,19,20). The molecular weight excluding hydrogens is 352 g/mol. The van der Waals surface area contributed by atoms with Crippen molar-refractivity contribution < 1.29 is 19.1 Å². The Morgan fingerprint density at radius 2 is 1.41 bits per heavy atom. The summed E-state index contributed by atoms with van der Waals surface area (Å²) in [5, 5.41) is 10.5. The van der Waals surface area contributed by atoms with Crippen LogP contribution in [0.15, 0.2) is 18.2 Å². The second-order valence-electron chi connectivity index (χ2n) is 6.52. The molecule has 0 spiro atoms. The molecule has 2 aliphatic rings. The normalized spacial score (nSPS) is 18.0. The van der Waals surface area contributed by atoms with Gasteiger partial charge >= 0.3 is 11.8 Å². The molecule has 2 aromatic rings. The second-order valence-corrected chi connectivity index (χ2v) is 6.52. The Labute approximate surface area is 155 Å². The van der Waals surface area contributed by atoms with Gasteiger partial charge in [-0.25, -0.2) is 0 Å². The van der Waals surface area contributed by atoms with Gasteiger partial charge in [-0.3, -0.25) is 14.4 Å². The van der Waals surface area contributed by atoms with E-state index in [1.807, 2.05) is 0 Å². The number of hydrogen-bond acceptors (Lipinski definition) is 6. The average molecular weight is 372 g/mol. The molecule has 4 rings (SSSR count). The molecule has 10 heteroatoms. The number of nitrogens with one attached hydrogen (secondary N) is 1. The number of morpholine rings is 1. The predicted molar refractivity (Wildman–Crippen MR) is 93.8 cm³/mol. The zero-order valence-electron chi connectivity index (χ0n) is 14.8. The quantitative estimate of drug-likeness (QED) is 0.650. The fraction of sp³-hybridized carbons (Fsp3) is 0.471. The Hall–Kier alpha value is -3.01. The number of amides is 3. The van der Waals surface area contributed by atoms with Gasteiger partial charge in [-0.1, -0.05) is 0 Å². The molecule has 0 aliphatic carbocycles. The Kier molecular flexibility index (Phi) is 4.71. The molecule has 2 fully saturated rings. The number of piperazine rings is 1. The van der Waals surface area contributed by atoms with E-state index in [1.54, 1.807) is 23.1 Å². The molecule has 1 aromatic heterocycles. The summed E-state index contributed by atoms with van der Waals surface area (Å²) < 4.78 is 5.21. The summed E-state index contributed by atoms with van der Waals surface area (Å²) in [5.74, 6) is -1.12. The summed E-state index contributed by atoms with van der Waals surface area (Å²) in [6.45, 7) is 3.24. The molecular formula is C17H20N6O4. The van der Waals surface area contributed by atoms with Gasteiger partial charge in [0.2, 0.25) is 0 Å². The fourth-order valence-corrected chi connectivity index (χ4v) is 3.31. The largest absolute Gasteiger partial charge is 0.378 e. The van der Waals surface area contributed by atoms with Crippen molar-refractivity contribution >= 4 is 28.8 Å². The van der Waals surface area contributed by atoms with Crippen LogP contribution in [0.25, 0.3) is 11.0 Å². The van der Waals surface area contributed by atoms with Gasteiger partial charge in [-0.2, -0.15) is 15.4 Å². The summed E-state index contributed by atoms with van der Waals surface area (Å²) in [6.07, 6.45) is 0. The number of hydrogen-bond donors (Lipinski definition) is 1. The van der Waals surface area contributed by atoms with E-state index < -0.39 is 11.8 Å². The Balaban J connectivity index is 1.35. The van der Waals surface area contributed by atoms with E-state index in [-0.39, 0.29) is 5.91 Å².